The maximum absolute atomic E-state index is 5.26. The molecule has 2 aromatic heterocycles. The van der Waals surface area contributed by atoms with E-state index in [0.717, 1.165) is 64.1 Å². The summed E-state index contributed by atoms with van der Waals surface area (Å²) in [6.45, 7) is 3.11. The standard InChI is InChI=1S/C25H27N5OS2/c1-31-22-12-10-19(11-13-22)24-26-20(17-32-24)18-33-25-28-27-23(16-29-14-6-3-7-15-29)30(25)21-8-4-2-5-9-21/h2,4-5,8-13,17H,3,6-7,14-16,18H2,1H3. The van der Waals surface area contributed by atoms with Gasteiger partial charge in [-0.2, -0.15) is 0 Å². The summed E-state index contributed by atoms with van der Waals surface area (Å²) in [5.74, 6) is 2.61. The van der Waals surface area contributed by atoms with Gasteiger partial charge in [0.25, 0.3) is 0 Å². The van der Waals surface area contributed by atoms with Crippen molar-refractivity contribution < 1.29 is 4.74 Å². The van der Waals surface area contributed by atoms with E-state index in [1.165, 1.54) is 19.3 Å². The van der Waals surface area contributed by atoms with Crippen LogP contribution in [0.1, 0.15) is 30.8 Å². The lowest BCUT2D eigenvalue weighted by molar-refractivity contribution is 0.214. The average molecular weight is 478 g/mol. The number of ether oxygens (including phenoxy) is 1. The number of aromatic nitrogens is 4. The SMILES string of the molecule is COc1ccc(-c2nc(CSc3nnc(CN4CCCCC4)n3-c3ccccc3)cs2)cc1. The lowest BCUT2D eigenvalue weighted by Crippen LogP contribution is -2.30. The minimum atomic E-state index is 0.751. The Hall–Kier alpha value is -2.68. The monoisotopic (exact) mass is 477 g/mol. The molecule has 8 heteroatoms. The molecule has 1 aliphatic heterocycles. The van der Waals surface area contributed by atoms with Gasteiger partial charge in [-0.25, -0.2) is 4.98 Å². The third-order valence-electron chi connectivity index (χ3n) is 5.77. The normalized spacial score (nSPS) is 14.5. The summed E-state index contributed by atoms with van der Waals surface area (Å²) >= 11 is 3.35. The van der Waals surface area contributed by atoms with Gasteiger partial charge in [-0.3, -0.25) is 9.47 Å². The number of thiazole rings is 1. The zero-order valence-corrected chi connectivity index (χ0v) is 20.3. The van der Waals surface area contributed by atoms with Crippen molar-refractivity contribution in [3.63, 3.8) is 0 Å². The molecule has 0 N–H and O–H groups in total. The summed E-state index contributed by atoms with van der Waals surface area (Å²) in [5, 5.41) is 13.2. The second kappa shape index (κ2) is 10.5. The minimum absolute atomic E-state index is 0.751. The fraction of sp³-hybridized carbons (Fsp3) is 0.320. The molecule has 3 heterocycles. The number of likely N-dealkylation sites (tertiary alicyclic amines) is 1. The molecule has 0 bridgehead atoms. The zero-order chi connectivity index (χ0) is 22.5. The minimum Gasteiger partial charge on any atom is -0.497 e. The Morgan fingerprint density at radius 1 is 0.970 bits per heavy atom. The van der Waals surface area contributed by atoms with Crippen LogP contribution in [0.25, 0.3) is 16.3 Å². The van der Waals surface area contributed by atoms with Crippen molar-refractivity contribution in [1.82, 2.24) is 24.6 Å². The highest BCUT2D eigenvalue weighted by atomic mass is 32.2. The topological polar surface area (TPSA) is 56.1 Å². The van der Waals surface area contributed by atoms with E-state index < -0.39 is 0 Å². The van der Waals surface area contributed by atoms with E-state index in [1.807, 2.05) is 30.3 Å². The Morgan fingerprint density at radius 2 is 1.76 bits per heavy atom. The maximum Gasteiger partial charge on any atom is 0.196 e. The number of para-hydroxylation sites is 1. The first-order valence-electron chi connectivity index (χ1n) is 11.2. The van der Waals surface area contributed by atoms with E-state index >= 15 is 0 Å². The van der Waals surface area contributed by atoms with Crippen molar-refractivity contribution in [3.8, 4) is 22.0 Å². The summed E-state index contributed by atoms with van der Waals surface area (Å²) in [6.07, 6.45) is 3.86. The Labute approximate surface area is 202 Å². The van der Waals surface area contributed by atoms with Crippen molar-refractivity contribution in [2.24, 2.45) is 0 Å². The predicted molar refractivity (Wildman–Crippen MR) is 134 cm³/mol. The number of benzene rings is 2. The summed E-state index contributed by atoms with van der Waals surface area (Å²) in [4.78, 5) is 7.33. The predicted octanol–water partition coefficient (Wildman–Crippen LogP) is 5.68. The first kappa shape index (κ1) is 22.1. The molecule has 0 amide bonds. The number of hydrogen-bond donors (Lipinski definition) is 0. The van der Waals surface area contributed by atoms with Gasteiger partial charge >= 0.3 is 0 Å². The highest BCUT2D eigenvalue weighted by molar-refractivity contribution is 7.98. The molecule has 2 aromatic carbocycles. The van der Waals surface area contributed by atoms with Crippen molar-refractivity contribution in [1.29, 1.82) is 0 Å². The molecule has 1 fully saturated rings. The first-order valence-corrected chi connectivity index (χ1v) is 13.1. The van der Waals surface area contributed by atoms with Gasteiger partial charge in [-0.15, -0.1) is 21.5 Å². The Bertz CT molecular complexity index is 1170. The van der Waals surface area contributed by atoms with E-state index in [1.54, 1.807) is 30.2 Å². The van der Waals surface area contributed by atoms with Crippen LogP contribution >= 0.6 is 23.1 Å². The van der Waals surface area contributed by atoms with Crippen molar-refractivity contribution >= 4 is 23.1 Å². The van der Waals surface area contributed by atoms with Gasteiger partial charge in [0.1, 0.15) is 10.8 Å². The van der Waals surface area contributed by atoms with Crippen molar-refractivity contribution in [3.05, 3.63) is 71.5 Å². The molecule has 4 aromatic rings. The Kier molecular flexibility index (Phi) is 7.04. The molecule has 0 radical (unpaired) electrons. The second-order valence-electron chi connectivity index (χ2n) is 8.07. The highest BCUT2D eigenvalue weighted by Crippen LogP contribution is 2.30. The fourth-order valence-corrected chi connectivity index (χ4v) is 5.82. The number of rotatable bonds is 8. The zero-order valence-electron chi connectivity index (χ0n) is 18.7. The van der Waals surface area contributed by atoms with Gasteiger partial charge in [-0.1, -0.05) is 36.4 Å². The number of methoxy groups -OCH3 is 1. The summed E-state index contributed by atoms with van der Waals surface area (Å²) < 4.78 is 7.46. The highest BCUT2D eigenvalue weighted by Gasteiger charge is 2.19. The van der Waals surface area contributed by atoms with Crippen LogP contribution in [0.4, 0.5) is 0 Å². The van der Waals surface area contributed by atoms with Crippen LogP contribution in [0.5, 0.6) is 5.75 Å². The van der Waals surface area contributed by atoms with Gasteiger partial charge in [0.05, 0.1) is 19.3 Å². The molecule has 170 valence electrons. The number of piperidine rings is 1. The van der Waals surface area contributed by atoms with Gasteiger partial charge in [0.15, 0.2) is 11.0 Å². The number of hydrogen-bond acceptors (Lipinski definition) is 7. The smallest absolute Gasteiger partial charge is 0.196 e. The molecule has 33 heavy (non-hydrogen) atoms. The second-order valence-corrected chi connectivity index (χ2v) is 9.87. The molecule has 1 aliphatic rings. The molecule has 5 rings (SSSR count). The summed E-state index contributed by atoms with van der Waals surface area (Å²) in [7, 11) is 1.68. The summed E-state index contributed by atoms with van der Waals surface area (Å²) in [6, 6.07) is 18.5. The average Bonchev–Trinajstić information content (AvgIpc) is 3.51. The lowest BCUT2D eigenvalue weighted by Gasteiger charge is -2.26. The van der Waals surface area contributed by atoms with Crippen LogP contribution in [-0.2, 0) is 12.3 Å². The van der Waals surface area contributed by atoms with E-state index in [4.69, 9.17) is 9.72 Å². The van der Waals surface area contributed by atoms with E-state index in [2.05, 4.69) is 49.3 Å². The Balaban J connectivity index is 1.33. The van der Waals surface area contributed by atoms with Crippen LogP contribution in [0.2, 0.25) is 0 Å². The molecule has 0 saturated carbocycles. The van der Waals surface area contributed by atoms with Crippen LogP contribution in [0.3, 0.4) is 0 Å². The number of nitrogens with zero attached hydrogens (tertiary/aromatic N) is 5. The molecule has 0 aliphatic carbocycles. The molecular formula is C25H27N5OS2. The van der Waals surface area contributed by atoms with Crippen LogP contribution in [0, 0.1) is 0 Å². The Morgan fingerprint density at radius 3 is 2.52 bits per heavy atom. The number of thioether (sulfide) groups is 1. The van der Waals surface area contributed by atoms with E-state index in [9.17, 15) is 0 Å². The molecule has 0 spiro atoms. The van der Waals surface area contributed by atoms with Crippen molar-refractivity contribution in [2.45, 2.75) is 36.7 Å². The fourth-order valence-electron chi connectivity index (χ4n) is 4.03. The van der Waals surface area contributed by atoms with E-state index in [0.29, 0.717) is 0 Å². The first-order chi connectivity index (χ1) is 16.3. The molecule has 1 saturated heterocycles. The largest absolute Gasteiger partial charge is 0.497 e. The lowest BCUT2D eigenvalue weighted by atomic mass is 10.1. The molecule has 0 unspecified atom stereocenters. The van der Waals surface area contributed by atoms with Gasteiger partial charge < -0.3 is 4.74 Å². The molecule has 0 atom stereocenters. The summed E-state index contributed by atoms with van der Waals surface area (Å²) in [5.41, 5.74) is 3.26. The van der Waals surface area contributed by atoms with Crippen LogP contribution in [0.15, 0.2) is 65.1 Å². The van der Waals surface area contributed by atoms with Gasteiger partial charge in [0.2, 0.25) is 0 Å². The quantitative estimate of drug-likeness (QED) is 0.305. The third kappa shape index (κ3) is 5.29. The third-order valence-corrected chi connectivity index (χ3v) is 7.67. The van der Waals surface area contributed by atoms with Crippen LogP contribution in [-0.4, -0.2) is 44.8 Å². The van der Waals surface area contributed by atoms with Gasteiger partial charge in [0, 0.05) is 22.4 Å². The van der Waals surface area contributed by atoms with Crippen molar-refractivity contribution in [2.75, 3.05) is 20.2 Å². The van der Waals surface area contributed by atoms with Crippen LogP contribution < -0.4 is 4.74 Å². The molecular weight excluding hydrogens is 450 g/mol. The van der Waals surface area contributed by atoms with Gasteiger partial charge in [-0.05, 0) is 62.3 Å². The molecule has 6 nitrogen and oxygen atoms in total. The van der Waals surface area contributed by atoms with E-state index in [-0.39, 0.29) is 0 Å². The maximum atomic E-state index is 5.26.